The van der Waals surface area contributed by atoms with Crippen LogP contribution < -0.4 is 10.6 Å². The zero-order chi connectivity index (χ0) is 13.6. The lowest BCUT2D eigenvalue weighted by atomic mass is 9.79. The van der Waals surface area contributed by atoms with Gasteiger partial charge in [-0.2, -0.15) is 5.26 Å². The molecule has 0 saturated heterocycles. The first kappa shape index (κ1) is 15.0. The van der Waals surface area contributed by atoms with Crippen molar-refractivity contribution in [3.63, 3.8) is 0 Å². The number of carbonyl (C=O) groups is 1. The molecule has 1 rings (SSSR count). The van der Waals surface area contributed by atoms with Gasteiger partial charge in [-0.05, 0) is 33.7 Å². The predicted molar refractivity (Wildman–Crippen MR) is 71.9 cm³/mol. The van der Waals surface area contributed by atoms with Crippen LogP contribution in [0.1, 0.15) is 52.4 Å². The molecule has 0 unspecified atom stereocenters. The molecule has 1 aliphatic rings. The fourth-order valence-corrected chi connectivity index (χ4v) is 2.47. The first-order valence-electron chi connectivity index (χ1n) is 6.80. The predicted octanol–water partition coefficient (Wildman–Crippen LogP) is 1.96. The number of hydrogen-bond acceptors (Lipinski definition) is 3. The first-order chi connectivity index (χ1) is 8.43. The van der Waals surface area contributed by atoms with Gasteiger partial charge in [0.1, 0.15) is 0 Å². The molecule has 1 saturated carbocycles. The van der Waals surface area contributed by atoms with Crippen LogP contribution in [0, 0.1) is 16.7 Å². The van der Waals surface area contributed by atoms with Crippen LogP contribution in [0.4, 0.5) is 0 Å². The van der Waals surface area contributed by atoms with Gasteiger partial charge in [-0.15, -0.1) is 0 Å². The third-order valence-electron chi connectivity index (χ3n) is 3.87. The van der Waals surface area contributed by atoms with Crippen molar-refractivity contribution in [2.75, 3.05) is 13.6 Å². The van der Waals surface area contributed by atoms with E-state index in [2.05, 4.69) is 16.7 Å². The van der Waals surface area contributed by atoms with Gasteiger partial charge < -0.3 is 10.6 Å². The van der Waals surface area contributed by atoms with Gasteiger partial charge >= 0.3 is 0 Å². The lowest BCUT2D eigenvalue weighted by Crippen LogP contribution is -2.49. The number of amides is 1. The molecular formula is C14H25N3O. The van der Waals surface area contributed by atoms with E-state index < -0.39 is 5.41 Å². The Labute approximate surface area is 110 Å². The van der Waals surface area contributed by atoms with Crippen molar-refractivity contribution in [1.82, 2.24) is 10.6 Å². The van der Waals surface area contributed by atoms with Crippen LogP contribution >= 0.6 is 0 Å². The molecule has 2 N–H and O–H groups in total. The maximum Gasteiger partial charge on any atom is 0.221 e. The fraction of sp³-hybridized carbons (Fsp3) is 0.857. The second-order valence-corrected chi connectivity index (χ2v) is 6.04. The SMILES string of the molecule is CNC1(CC(=O)NCC(C)(C)C#N)CCCCC1. The van der Waals surface area contributed by atoms with Crippen LogP contribution in [0.15, 0.2) is 0 Å². The summed E-state index contributed by atoms with van der Waals surface area (Å²) in [5.74, 6) is 0.0505. The summed E-state index contributed by atoms with van der Waals surface area (Å²) >= 11 is 0. The summed E-state index contributed by atoms with van der Waals surface area (Å²) in [6.07, 6.45) is 6.31. The topological polar surface area (TPSA) is 64.9 Å². The Morgan fingerprint density at radius 2 is 1.94 bits per heavy atom. The van der Waals surface area contributed by atoms with E-state index in [-0.39, 0.29) is 11.4 Å². The Hall–Kier alpha value is -1.08. The van der Waals surface area contributed by atoms with Gasteiger partial charge in [-0.3, -0.25) is 4.79 Å². The maximum absolute atomic E-state index is 12.0. The van der Waals surface area contributed by atoms with Gasteiger partial charge in [-0.25, -0.2) is 0 Å². The molecule has 0 bridgehead atoms. The second kappa shape index (κ2) is 6.19. The van der Waals surface area contributed by atoms with E-state index in [1.54, 1.807) is 0 Å². The molecule has 0 aliphatic heterocycles. The van der Waals surface area contributed by atoms with Crippen LogP contribution in [0.5, 0.6) is 0 Å². The van der Waals surface area contributed by atoms with E-state index in [1.165, 1.54) is 19.3 Å². The average Bonchev–Trinajstić information content (AvgIpc) is 2.38. The van der Waals surface area contributed by atoms with Crippen molar-refractivity contribution >= 4 is 5.91 Å². The Balaban J connectivity index is 2.45. The van der Waals surface area contributed by atoms with Crippen LogP contribution in [0.2, 0.25) is 0 Å². The maximum atomic E-state index is 12.0. The van der Waals surface area contributed by atoms with E-state index in [9.17, 15) is 4.79 Å². The van der Waals surface area contributed by atoms with Crippen molar-refractivity contribution in [3.8, 4) is 6.07 Å². The third kappa shape index (κ3) is 4.30. The monoisotopic (exact) mass is 251 g/mol. The van der Waals surface area contributed by atoms with Crippen molar-refractivity contribution in [2.45, 2.75) is 57.9 Å². The summed E-state index contributed by atoms with van der Waals surface area (Å²) in [5.41, 5.74) is -0.520. The Kier molecular flexibility index (Phi) is 5.15. The van der Waals surface area contributed by atoms with Gasteiger partial charge in [0, 0.05) is 18.5 Å². The number of hydrogen-bond donors (Lipinski definition) is 2. The van der Waals surface area contributed by atoms with Crippen LogP contribution in [0.25, 0.3) is 0 Å². The Bertz CT molecular complexity index is 324. The molecule has 0 heterocycles. The fourth-order valence-electron chi connectivity index (χ4n) is 2.47. The number of nitrogens with one attached hydrogen (secondary N) is 2. The summed E-state index contributed by atoms with van der Waals surface area (Å²) in [4.78, 5) is 12.0. The number of nitriles is 1. The smallest absolute Gasteiger partial charge is 0.221 e. The highest BCUT2D eigenvalue weighted by Gasteiger charge is 2.32. The number of rotatable bonds is 5. The molecule has 0 atom stereocenters. The van der Waals surface area contributed by atoms with Crippen LogP contribution in [-0.4, -0.2) is 25.0 Å². The van der Waals surface area contributed by atoms with Crippen molar-refractivity contribution in [2.24, 2.45) is 5.41 Å². The quantitative estimate of drug-likeness (QED) is 0.785. The van der Waals surface area contributed by atoms with Gasteiger partial charge in [-0.1, -0.05) is 19.3 Å². The summed E-state index contributed by atoms with van der Waals surface area (Å²) < 4.78 is 0. The van der Waals surface area contributed by atoms with Crippen molar-refractivity contribution in [1.29, 1.82) is 5.26 Å². The Morgan fingerprint density at radius 3 is 2.44 bits per heavy atom. The minimum Gasteiger partial charge on any atom is -0.354 e. The molecule has 1 amide bonds. The summed E-state index contributed by atoms with van der Waals surface area (Å²) in [5, 5.41) is 15.1. The number of nitrogens with zero attached hydrogens (tertiary/aromatic N) is 1. The normalized spacial score (nSPS) is 19.0. The lowest BCUT2D eigenvalue weighted by molar-refractivity contribution is -0.123. The van der Waals surface area contributed by atoms with Gasteiger partial charge in [0.05, 0.1) is 11.5 Å². The highest BCUT2D eigenvalue weighted by Crippen LogP contribution is 2.30. The van der Waals surface area contributed by atoms with E-state index in [4.69, 9.17) is 5.26 Å². The standard InChI is InChI=1S/C14H25N3O/c1-13(2,10-15)11-17-12(18)9-14(16-3)7-5-4-6-8-14/h16H,4-9,11H2,1-3H3,(H,17,18). The van der Waals surface area contributed by atoms with E-state index in [0.29, 0.717) is 13.0 Å². The Morgan fingerprint density at radius 1 is 1.33 bits per heavy atom. The zero-order valence-electron chi connectivity index (χ0n) is 11.8. The van der Waals surface area contributed by atoms with E-state index >= 15 is 0 Å². The third-order valence-corrected chi connectivity index (χ3v) is 3.87. The van der Waals surface area contributed by atoms with Crippen LogP contribution in [-0.2, 0) is 4.79 Å². The molecule has 4 nitrogen and oxygen atoms in total. The molecular weight excluding hydrogens is 226 g/mol. The molecule has 0 aromatic heterocycles. The number of carbonyl (C=O) groups excluding carboxylic acids is 1. The van der Waals surface area contributed by atoms with Gasteiger partial charge in [0.15, 0.2) is 0 Å². The average molecular weight is 251 g/mol. The molecule has 0 aromatic rings. The van der Waals surface area contributed by atoms with Crippen molar-refractivity contribution in [3.05, 3.63) is 0 Å². The minimum absolute atomic E-state index is 0.0287. The van der Waals surface area contributed by atoms with Crippen molar-refractivity contribution < 1.29 is 4.79 Å². The minimum atomic E-state index is -0.491. The lowest BCUT2D eigenvalue weighted by Gasteiger charge is -2.36. The largest absolute Gasteiger partial charge is 0.354 e. The molecule has 0 aromatic carbocycles. The van der Waals surface area contributed by atoms with Gasteiger partial charge in [0.2, 0.25) is 5.91 Å². The van der Waals surface area contributed by atoms with E-state index in [0.717, 1.165) is 12.8 Å². The highest BCUT2D eigenvalue weighted by atomic mass is 16.1. The molecule has 4 heteroatoms. The molecule has 18 heavy (non-hydrogen) atoms. The molecule has 1 aliphatic carbocycles. The molecule has 0 radical (unpaired) electrons. The first-order valence-corrected chi connectivity index (χ1v) is 6.80. The van der Waals surface area contributed by atoms with Crippen LogP contribution in [0.3, 0.4) is 0 Å². The summed E-state index contributed by atoms with van der Waals surface area (Å²) in [6, 6.07) is 2.19. The zero-order valence-corrected chi connectivity index (χ0v) is 11.8. The summed E-state index contributed by atoms with van der Waals surface area (Å²) in [7, 11) is 1.94. The highest BCUT2D eigenvalue weighted by molar-refractivity contribution is 5.77. The molecule has 1 fully saturated rings. The molecule has 102 valence electrons. The molecule has 0 spiro atoms. The van der Waals surface area contributed by atoms with Gasteiger partial charge in [0.25, 0.3) is 0 Å². The summed E-state index contributed by atoms with van der Waals surface area (Å²) in [6.45, 7) is 4.09. The second-order valence-electron chi connectivity index (χ2n) is 6.04. The van der Waals surface area contributed by atoms with E-state index in [1.807, 2.05) is 20.9 Å².